The second kappa shape index (κ2) is 6.83. The lowest BCUT2D eigenvalue weighted by molar-refractivity contribution is 0.243. The molecule has 108 valence electrons. The summed E-state index contributed by atoms with van der Waals surface area (Å²) in [4.78, 5) is 7.85. The van der Waals surface area contributed by atoms with Crippen LogP contribution in [0.4, 0.5) is 0 Å². The zero-order valence-electron chi connectivity index (χ0n) is 12.2. The van der Waals surface area contributed by atoms with Crippen LogP contribution in [0, 0.1) is 6.92 Å². The van der Waals surface area contributed by atoms with Gasteiger partial charge in [-0.2, -0.15) is 0 Å². The molecule has 1 heterocycles. The first-order valence-electron chi connectivity index (χ1n) is 6.59. The van der Waals surface area contributed by atoms with E-state index in [0.29, 0.717) is 6.54 Å². The molecule has 0 aliphatic rings. The van der Waals surface area contributed by atoms with Crippen LogP contribution in [-0.4, -0.2) is 30.6 Å². The average Bonchev–Trinajstić information content (AvgIpc) is 2.86. The molecule has 0 fully saturated rings. The third kappa shape index (κ3) is 3.36. The first-order chi connectivity index (χ1) is 9.65. The zero-order chi connectivity index (χ0) is 14.5. The van der Waals surface area contributed by atoms with Gasteiger partial charge in [-0.25, -0.2) is 4.98 Å². The topological polar surface area (TPSA) is 51.4 Å². The van der Waals surface area contributed by atoms with E-state index in [1.807, 2.05) is 24.6 Å². The molecule has 0 radical (unpaired) electrons. The summed E-state index contributed by atoms with van der Waals surface area (Å²) in [6, 6.07) is 8.30. The van der Waals surface area contributed by atoms with Gasteiger partial charge in [0.1, 0.15) is 5.75 Å². The molecule has 0 aliphatic heterocycles. The molecular formula is C15H21N3OS. The lowest BCUT2D eigenvalue weighted by atomic mass is 10.1. The standard InChI is InChI=1S/C15H21N3OS/c1-11-15(20-10-17-11)9-18(2)14(8-16)12-4-6-13(19-3)7-5-12/h4-7,10,14H,8-9,16H2,1-3H3. The SMILES string of the molecule is COc1ccc(C(CN)N(C)Cc2scnc2C)cc1. The number of rotatable bonds is 6. The van der Waals surface area contributed by atoms with Crippen LogP contribution >= 0.6 is 11.3 Å². The number of benzene rings is 1. The van der Waals surface area contributed by atoms with Gasteiger partial charge < -0.3 is 10.5 Å². The second-order valence-electron chi connectivity index (χ2n) is 4.80. The van der Waals surface area contributed by atoms with Gasteiger partial charge in [0.05, 0.1) is 18.3 Å². The Bertz CT molecular complexity index is 538. The van der Waals surface area contributed by atoms with Crippen molar-refractivity contribution in [2.75, 3.05) is 20.7 Å². The van der Waals surface area contributed by atoms with Gasteiger partial charge in [-0.3, -0.25) is 4.90 Å². The smallest absolute Gasteiger partial charge is 0.118 e. The molecule has 0 amide bonds. The predicted molar refractivity (Wildman–Crippen MR) is 83.1 cm³/mol. The molecule has 2 aromatic rings. The van der Waals surface area contributed by atoms with Crippen molar-refractivity contribution in [3.63, 3.8) is 0 Å². The highest BCUT2D eigenvalue weighted by Gasteiger charge is 2.17. The molecule has 0 aliphatic carbocycles. The van der Waals surface area contributed by atoms with E-state index in [9.17, 15) is 0 Å². The van der Waals surface area contributed by atoms with Gasteiger partial charge in [0.15, 0.2) is 0 Å². The van der Waals surface area contributed by atoms with E-state index in [1.165, 1.54) is 10.4 Å². The molecule has 0 spiro atoms. The molecular weight excluding hydrogens is 270 g/mol. The molecule has 1 atom stereocenters. The summed E-state index contributed by atoms with van der Waals surface area (Å²) in [6.45, 7) is 3.50. The van der Waals surface area contributed by atoms with Crippen LogP contribution in [0.2, 0.25) is 0 Å². The number of thiazole rings is 1. The summed E-state index contributed by atoms with van der Waals surface area (Å²) in [5.41, 5.74) is 10.2. The first kappa shape index (κ1) is 15.0. The highest BCUT2D eigenvalue weighted by atomic mass is 32.1. The molecule has 0 saturated heterocycles. The van der Waals surface area contributed by atoms with Gasteiger partial charge in [0.2, 0.25) is 0 Å². The Kier molecular flexibility index (Phi) is 5.11. The molecule has 0 bridgehead atoms. The summed E-state index contributed by atoms with van der Waals surface area (Å²) in [6.07, 6.45) is 0. The van der Waals surface area contributed by atoms with Crippen molar-refractivity contribution in [1.29, 1.82) is 0 Å². The summed E-state index contributed by atoms with van der Waals surface area (Å²) < 4.78 is 5.19. The Morgan fingerprint density at radius 1 is 1.35 bits per heavy atom. The Balaban J connectivity index is 2.12. The van der Waals surface area contributed by atoms with Gasteiger partial charge in [0, 0.05) is 24.0 Å². The summed E-state index contributed by atoms with van der Waals surface area (Å²) in [7, 11) is 3.77. The van der Waals surface area contributed by atoms with Crippen LogP contribution < -0.4 is 10.5 Å². The van der Waals surface area contributed by atoms with E-state index >= 15 is 0 Å². The number of nitrogens with zero attached hydrogens (tertiary/aromatic N) is 2. The molecule has 1 aromatic heterocycles. The minimum absolute atomic E-state index is 0.197. The molecule has 0 saturated carbocycles. The lowest BCUT2D eigenvalue weighted by Crippen LogP contribution is -2.30. The minimum Gasteiger partial charge on any atom is -0.497 e. The molecule has 4 nitrogen and oxygen atoms in total. The Morgan fingerprint density at radius 2 is 2.05 bits per heavy atom. The monoisotopic (exact) mass is 291 g/mol. The van der Waals surface area contributed by atoms with Crippen LogP contribution in [0.1, 0.15) is 22.2 Å². The van der Waals surface area contributed by atoms with Crippen LogP contribution in [-0.2, 0) is 6.54 Å². The molecule has 5 heteroatoms. The number of methoxy groups -OCH3 is 1. The van der Waals surface area contributed by atoms with Crippen LogP contribution in [0.15, 0.2) is 29.8 Å². The fraction of sp³-hybridized carbons (Fsp3) is 0.400. The Labute approximate surface area is 124 Å². The quantitative estimate of drug-likeness (QED) is 0.889. The second-order valence-corrected chi connectivity index (χ2v) is 5.74. The fourth-order valence-corrected chi connectivity index (χ4v) is 3.05. The van der Waals surface area contributed by atoms with Crippen molar-refractivity contribution in [3.8, 4) is 5.75 Å². The van der Waals surface area contributed by atoms with E-state index in [0.717, 1.165) is 18.0 Å². The molecule has 2 rings (SSSR count). The zero-order valence-corrected chi connectivity index (χ0v) is 13.0. The van der Waals surface area contributed by atoms with Gasteiger partial charge in [0.25, 0.3) is 0 Å². The first-order valence-corrected chi connectivity index (χ1v) is 7.47. The highest BCUT2D eigenvalue weighted by molar-refractivity contribution is 7.09. The summed E-state index contributed by atoms with van der Waals surface area (Å²) in [5, 5.41) is 0. The van der Waals surface area contributed by atoms with Crippen molar-refractivity contribution in [2.45, 2.75) is 19.5 Å². The van der Waals surface area contributed by atoms with Crippen molar-refractivity contribution in [2.24, 2.45) is 5.73 Å². The lowest BCUT2D eigenvalue weighted by Gasteiger charge is -2.27. The Hall–Kier alpha value is -1.43. The van der Waals surface area contributed by atoms with Gasteiger partial charge >= 0.3 is 0 Å². The Morgan fingerprint density at radius 3 is 2.55 bits per heavy atom. The third-order valence-corrected chi connectivity index (χ3v) is 4.41. The number of aryl methyl sites for hydroxylation is 1. The maximum Gasteiger partial charge on any atom is 0.118 e. The predicted octanol–water partition coefficient (Wildman–Crippen LogP) is 2.59. The average molecular weight is 291 g/mol. The van der Waals surface area contributed by atoms with Gasteiger partial charge in [-0.1, -0.05) is 12.1 Å². The van der Waals surface area contributed by atoms with Crippen LogP contribution in [0.5, 0.6) is 5.75 Å². The maximum absolute atomic E-state index is 5.96. The maximum atomic E-state index is 5.96. The van der Waals surface area contributed by atoms with E-state index in [2.05, 4.69) is 29.1 Å². The summed E-state index contributed by atoms with van der Waals surface area (Å²) in [5.74, 6) is 0.866. The van der Waals surface area contributed by atoms with Gasteiger partial charge in [-0.15, -0.1) is 11.3 Å². The van der Waals surface area contributed by atoms with E-state index < -0.39 is 0 Å². The van der Waals surface area contributed by atoms with Crippen molar-refractivity contribution in [1.82, 2.24) is 9.88 Å². The molecule has 1 aromatic carbocycles. The largest absolute Gasteiger partial charge is 0.497 e. The third-order valence-electron chi connectivity index (χ3n) is 3.49. The van der Waals surface area contributed by atoms with E-state index in [1.54, 1.807) is 18.4 Å². The van der Waals surface area contributed by atoms with Gasteiger partial charge in [-0.05, 0) is 31.7 Å². The number of likely N-dealkylation sites (N-methyl/N-ethyl adjacent to an activating group) is 1. The normalized spacial score (nSPS) is 12.7. The number of nitrogens with two attached hydrogens (primary N) is 1. The van der Waals surface area contributed by atoms with Crippen molar-refractivity contribution >= 4 is 11.3 Å². The molecule has 1 unspecified atom stereocenters. The molecule has 2 N–H and O–H groups in total. The summed E-state index contributed by atoms with van der Waals surface area (Å²) >= 11 is 1.69. The van der Waals surface area contributed by atoms with E-state index in [4.69, 9.17) is 10.5 Å². The van der Waals surface area contributed by atoms with Crippen molar-refractivity contribution in [3.05, 3.63) is 45.9 Å². The number of ether oxygens (including phenoxy) is 1. The minimum atomic E-state index is 0.197. The van der Waals surface area contributed by atoms with Crippen LogP contribution in [0.25, 0.3) is 0 Å². The van der Waals surface area contributed by atoms with E-state index in [-0.39, 0.29) is 6.04 Å². The fourth-order valence-electron chi connectivity index (χ4n) is 2.21. The number of hydrogen-bond donors (Lipinski definition) is 1. The number of aromatic nitrogens is 1. The molecule has 20 heavy (non-hydrogen) atoms. The van der Waals surface area contributed by atoms with Crippen molar-refractivity contribution < 1.29 is 4.74 Å². The highest BCUT2D eigenvalue weighted by Crippen LogP contribution is 2.24. The van der Waals surface area contributed by atoms with Crippen LogP contribution in [0.3, 0.4) is 0 Å². The number of hydrogen-bond acceptors (Lipinski definition) is 5.